The minimum atomic E-state index is 0. The zero-order valence-corrected chi connectivity index (χ0v) is 11.7. The van der Waals surface area contributed by atoms with Crippen molar-refractivity contribution in [3.63, 3.8) is 0 Å². The van der Waals surface area contributed by atoms with Crippen molar-refractivity contribution in [2.45, 2.75) is 76.4 Å². The minimum Gasteiger partial charge on any atom is -0.147 e. The van der Waals surface area contributed by atoms with Gasteiger partial charge in [-0.2, -0.15) is 0 Å². The van der Waals surface area contributed by atoms with Gasteiger partial charge in [-0.3, -0.25) is 0 Å². The molecule has 0 aromatic rings. The molecule has 0 aliphatic heterocycles. The Balaban J connectivity index is 0. The predicted molar refractivity (Wildman–Crippen MR) is 69.7 cm³/mol. The van der Waals surface area contributed by atoms with Gasteiger partial charge in [0, 0.05) is 0 Å². The smallest absolute Gasteiger partial charge is 0.118 e. The largest absolute Gasteiger partial charge is 0.147 e. The van der Waals surface area contributed by atoms with Gasteiger partial charge in [-0.25, -0.2) is 0 Å². The monoisotopic (exact) mass is 232 g/mol. The first kappa shape index (κ1) is 17.2. The average molecular weight is 233 g/mol. The lowest BCUT2D eigenvalue weighted by atomic mass is 10.1. The Morgan fingerprint density at radius 1 is 0.643 bits per heavy atom. The first-order valence-electron chi connectivity index (χ1n) is 6.12. The van der Waals surface area contributed by atoms with Gasteiger partial charge < -0.3 is 0 Å². The highest BCUT2D eigenvalue weighted by Gasteiger charge is 1.90. The maximum absolute atomic E-state index is 2.81. The van der Waals surface area contributed by atoms with E-state index in [4.69, 9.17) is 0 Å². The summed E-state index contributed by atoms with van der Waals surface area (Å²) in [4.78, 5) is 0. The second kappa shape index (κ2) is 16.3. The molecule has 0 aromatic heterocycles. The Morgan fingerprint density at radius 2 is 1.00 bits per heavy atom. The second-order valence-corrected chi connectivity index (χ2v) is 4.55. The molecule has 0 bridgehead atoms. The van der Waals surface area contributed by atoms with Crippen LogP contribution < -0.4 is 0 Å². The molecule has 0 heterocycles. The van der Waals surface area contributed by atoms with E-state index in [9.17, 15) is 0 Å². The van der Waals surface area contributed by atoms with Crippen LogP contribution >= 0.6 is 12.4 Å². The molecule has 0 nitrogen and oxygen atoms in total. The first-order chi connectivity index (χ1) is 6.41. The zero-order chi connectivity index (χ0) is 9.78. The Kier molecular flexibility index (Phi) is 20.0. The Hall–Kier alpha value is 0.822. The maximum atomic E-state index is 2.81. The van der Waals surface area contributed by atoms with E-state index in [-0.39, 0.29) is 12.4 Å². The number of hydrogen-bond acceptors (Lipinski definition) is 0. The molecule has 0 atom stereocenters. The third-order valence-electron chi connectivity index (χ3n) is 2.56. The van der Waals surface area contributed by atoms with Gasteiger partial charge in [0.1, 0.15) is 16.3 Å². The lowest BCUT2D eigenvalue weighted by molar-refractivity contribution is 0.562. The van der Waals surface area contributed by atoms with Crippen LogP contribution in [0.5, 0.6) is 0 Å². The fourth-order valence-electron chi connectivity index (χ4n) is 1.63. The van der Waals surface area contributed by atoms with Gasteiger partial charge in [0.15, 0.2) is 0 Å². The van der Waals surface area contributed by atoms with E-state index in [2.05, 4.69) is 23.2 Å². The third kappa shape index (κ3) is 15.3. The standard InChI is InChI=1S/C12H25.Al.ClH/c1-3-5-7-9-11-12-10-8-6-4-2;;/h1,3-12H2,2H3;;1H. The van der Waals surface area contributed by atoms with Crippen LogP contribution in [0.4, 0.5) is 0 Å². The van der Waals surface area contributed by atoms with Gasteiger partial charge >= 0.3 is 0 Å². The van der Waals surface area contributed by atoms with E-state index >= 15 is 0 Å². The molecule has 14 heavy (non-hydrogen) atoms. The van der Waals surface area contributed by atoms with Crippen LogP contribution in [-0.2, 0) is 0 Å². The fourth-order valence-corrected chi connectivity index (χ4v) is 1.92. The van der Waals surface area contributed by atoms with Crippen LogP contribution in [0.15, 0.2) is 0 Å². The van der Waals surface area contributed by atoms with Gasteiger partial charge in [-0.1, -0.05) is 71.1 Å². The summed E-state index contributed by atoms with van der Waals surface area (Å²) in [6.07, 6.45) is 14.5. The van der Waals surface area contributed by atoms with Crippen molar-refractivity contribution in [3.8, 4) is 0 Å². The highest BCUT2D eigenvalue weighted by Crippen LogP contribution is 2.10. The molecular formula is C12H26AlCl. The lowest BCUT2D eigenvalue weighted by Crippen LogP contribution is -1.81. The summed E-state index contributed by atoms with van der Waals surface area (Å²) in [6, 6.07) is 0. The van der Waals surface area contributed by atoms with E-state index in [0.29, 0.717) is 0 Å². The molecule has 0 N–H and O–H groups in total. The molecule has 2 radical (unpaired) electrons. The second-order valence-electron chi connectivity index (χ2n) is 3.97. The molecule has 0 amide bonds. The zero-order valence-electron chi connectivity index (χ0n) is 9.76. The lowest BCUT2D eigenvalue weighted by Gasteiger charge is -2.00. The van der Waals surface area contributed by atoms with Gasteiger partial charge in [-0.15, -0.1) is 17.7 Å². The van der Waals surface area contributed by atoms with Crippen LogP contribution in [-0.4, -0.2) is 16.3 Å². The summed E-state index contributed by atoms with van der Waals surface area (Å²) in [5.41, 5.74) is 0. The normalized spacial score (nSPS) is 9.79. The molecule has 0 aromatic carbocycles. The van der Waals surface area contributed by atoms with Gasteiger partial charge in [0.2, 0.25) is 0 Å². The van der Waals surface area contributed by atoms with Crippen molar-refractivity contribution in [3.05, 3.63) is 0 Å². The summed E-state index contributed by atoms with van der Waals surface area (Å²) in [5, 5.41) is 1.29. The molecular weight excluding hydrogens is 207 g/mol. The van der Waals surface area contributed by atoms with E-state index in [1.54, 1.807) is 0 Å². The van der Waals surface area contributed by atoms with Gasteiger partial charge in [0.05, 0.1) is 0 Å². The molecule has 0 aliphatic rings. The predicted octanol–water partition coefficient (Wildman–Crippen LogP) is 4.92. The molecule has 0 saturated heterocycles. The van der Waals surface area contributed by atoms with Crippen molar-refractivity contribution in [1.29, 1.82) is 0 Å². The quantitative estimate of drug-likeness (QED) is 0.371. The maximum Gasteiger partial charge on any atom is 0.118 e. The van der Waals surface area contributed by atoms with Gasteiger partial charge in [-0.05, 0) is 0 Å². The molecule has 0 unspecified atom stereocenters. The van der Waals surface area contributed by atoms with Gasteiger partial charge in [0.25, 0.3) is 0 Å². The summed E-state index contributed by atoms with van der Waals surface area (Å²) in [5.74, 6) is 0. The average Bonchev–Trinajstić information content (AvgIpc) is 2.16. The van der Waals surface area contributed by atoms with Crippen molar-refractivity contribution in [1.82, 2.24) is 0 Å². The topological polar surface area (TPSA) is 0 Å². The van der Waals surface area contributed by atoms with E-state index < -0.39 is 0 Å². The minimum absolute atomic E-state index is 0. The number of unbranched alkanes of at least 4 members (excludes halogenated alkanes) is 9. The van der Waals surface area contributed by atoms with Crippen LogP contribution in [0.3, 0.4) is 0 Å². The molecule has 84 valence electrons. The molecule has 0 rings (SSSR count). The van der Waals surface area contributed by atoms with E-state index in [0.717, 1.165) is 0 Å². The van der Waals surface area contributed by atoms with Crippen LogP contribution in [0.2, 0.25) is 5.28 Å². The van der Waals surface area contributed by atoms with Crippen LogP contribution in [0, 0.1) is 0 Å². The SMILES string of the molecule is CCCCCCCCCCC[CH2][Al].Cl. The van der Waals surface area contributed by atoms with E-state index in [1.165, 1.54) is 69.5 Å². The highest BCUT2D eigenvalue weighted by molar-refractivity contribution is 6.08. The summed E-state index contributed by atoms with van der Waals surface area (Å²) in [7, 11) is 0. The molecule has 0 aliphatic carbocycles. The van der Waals surface area contributed by atoms with Crippen LogP contribution in [0.25, 0.3) is 0 Å². The Bertz CT molecular complexity index is 76.4. The van der Waals surface area contributed by atoms with Crippen LogP contribution in [0.1, 0.15) is 71.1 Å². The third-order valence-corrected chi connectivity index (χ3v) is 2.97. The molecule has 0 spiro atoms. The summed E-state index contributed by atoms with van der Waals surface area (Å²) >= 11 is 2.81. The Labute approximate surface area is 105 Å². The molecule has 2 heteroatoms. The molecule has 0 saturated carbocycles. The molecule has 0 fully saturated rings. The van der Waals surface area contributed by atoms with E-state index in [1.807, 2.05) is 0 Å². The van der Waals surface area contributed by atoms with Crippen molar-refractivity contribution >= 4 is 28.7 Å². The van der Waals surface area contributed by atoms with Crippen molar-refractivity contribution in [2.75, 3.05) is 0 Å². The highest BCUT2D eigenvalue weighted by atomic mass is 35.5. The Morgan fingerprint density at radius 3 is 1.36 bits per heavy atom. The number of hydrogen-bond donors (Lipinski definition) is 0. The number of rotatable bonds is 10. The first-order valence-corrected chi connectivity index (χ1v) is 6.93. The van der Waals surface area contributed by atoms with Crippen molar-refractivity contribution in [2.24, 2.45) is 0 Å². The fraction of sp³-hybridized carbons (Fsp3) is 1.00. The van der Waals surface area contributed by atoms with Crippen molar-refractivity contribution < 1.29 is 0 Å². The summed E-state index contributed by atoms with van der Waals surface area (Å²) in [6.45, 7) is 2.28. The summed E-state index contributed by atoms with van der Waals surface area (Å²) < 4.78 is 0. The number of halogens is 1.